The Kier molecular flexibility index (Phi) is 10.3. The van der Waals surface area contributed by atoms with Gasteiger partial charge >= 0.3 is 11.9 Å². The standard InChI is InChI=1S/C31H43N3O4/c1-23(35)37-30(3,4)33-18-12-20-34(31(5,6)38-24(2)36)19-11-17-32-22-29-27-15-9-7-13-25(27)21-26-14-8-10-16-28(26)29/h7-10,13-16,21,32-33H,11-12,17-20,22H2,1-6H3. The lowest BCUT2D eigenvalue weighted by molar-refractivity contribution is -0.174. The van der Waals surface area contributed by atoms with Crippen LogP contribution in [0.15, 0.2) is 54.6 Å². The molecule has 0 radical (unpaired) electrons. The molecular weight excluding hydrogens is 478 g/mol. The molecule has 3 aromatic carbocycles. The molecular formula is C31H43N3O4. The molecule has 3 aromatic rings. The first kappa shape index (κ1) is 29.6. The number of nitrogens with zero attached hydrogens (tertiary/aromatic N) is 1. The second-order valence-electron chi connectivity index (χ2n) is 10.7. The van der Waals surface area contributed by atoms with Crippen LogP contribution < -0.4 is 10.6 Å². The van der Waals surface area contributed by atoms with Crippen molar-refractivity contribution in [3.63, 3.8) is 0 Å². The maximum Gasteiger partial charge on any atom is 0.304 e. The van der Waals surface area contributed by atoms with Crippen molar-refractivity contribution >= 4 is 33.5 Å². The summed E-state index contributed by atoms with van der Waals surface area (Å²) in [5.74, 6) is -0.612. The number of benzene rings is 3. The van der Waals surface area contributed by atoms with Gasteiger partial charge in [0.05, 0.1) is 0 Å². The molecule has 0 heterocycles. The zero-order chi connectivity index (χ0) is 27.8. The van der Waals surface area contributed by atoms with Crippen LogP contribution in [-0.4, -0.2) is 54.5 Å². The number of carbonyl (C=O) groups excluding carboxylic acids is 2. The molecule has 38 heavy (non-hydrogen) atoms. The summed E-state index contributed by atoms with van der Waals surface area (Å²) in [6.45, 7) is 14.2. The van der Waals surface area contributed by atoms with Crippen LogP contribution in [0.3, 0.4) is 0 Å². The maximum atomic E-state index is 11.8. The van der Waals surface area contributed by atoms with Gasteiger partial charge in [-0.05, 0) is 86.8 Å². The van der Waals surface area contributed by atoms with Gasteiger partial charge in [-0.25, -0.2) is 0 Å². The molecule has 0 aliphatic heterocycles. The lowest BCUT2D eigenvalue weighted by Crippen LogP contribution is -2.49. The van der Waals surface area contributed by atoms with Gasteiger partial charge in [0.25, 0.3) is 0 Å². The number of hydrogen-bond acceptors (Lipinski definition) is 7. The predicted octanol–water partition coefficient (Wildman–Crippen LogP) is 5.35. The highest BCUT2D eigenvalue weighted by molar-refractivity contribution is 6.02. The number of rotatable bonds is 14. The first-order valence-electron chi connectivity index (χ1n) is 13.5. The van der Waals surface area contributed by atoms with E-state index in [9.17, 15) is 9.59 Å². The second-order valence-corrected chi connectivity index (χ2v) is 10.7. The van der Waals surface area contributed by atoms with E-state index in [1.165, 1.54) is 41.0 Å². The molecule has 2 N–H and O–H groups in total. The number of esters is 2. The van der Waals surface area contributed by atoms with Crippen molar-refractivity contribution in [1.29, 1.82) is 0 Å². The maximum absolute atomic E-state index is 11.8. The van der Waals surface area contributed by atoms with Crippen LogP contribution in [0.25, 0.3) is 21.5 Å². The summed E-state index contributed by atoms with van der Waals surface area (Å²) in [5, 5.41) is 12.0. The summed E-state index contributed by atoms with van der Waals surface area (Å²) in [6, 6.07) is 19.3. The predicted molar refractivity (Wildman–Crippen MR) is 154 cm³/mol. The van der Waals surface area contributed by atoms with Crippen molar-refractivity contribution in [3.8, 4) is 0 Å². The molecule has 0 saturated heterocycles. The average molecular weight is 522 g/mol. The fourth-order valence-corrected chi connectivity index (χ4v) is 5.03. The normalized spacial score (nSPS) is 12.3. The van der Waals surface area contributed by atoms with Gasteiger partial charge < -0.3 is 14.8 Å². The van der Waals surface area contributed by atoms with Gasteiger partial charge in [0, 0.05) is 33.5 Å². The molecule has 0 aromatic heterocycles. The Bertz CT molecular complexity index is 1180. The SMILES string of the molecule is CC(=O)OC(C)(C)NCCCN(CCCNCc1c2ccccc2cc2ccccc12)C(C)(C)OC(C)=O. The molecule has 0 atom stereocenters. The minimum Gasteiger partial charge on any atom is -0.445 e. The summed E-state index contributed by atoms with van der Waals surface area (Å²) < 4.78 is 11.0. The first-order chi connectivity index (χ1) is 18.0. The van der Waals surface area contributed by atoms with Crippen LogP contribution in [0.1, 0.15) is 59.9 Å². The Hall–Kier alpha value is -3.00. The van der Waals surface area contributed by atoms with Gasteiger partial charge in [-0.1, -0.05) is 48.5 Å². The van der Waals surface area contributed by atoms with Crippen LogP contribution in [0, 0.1) is 0 Å². The van der Waals surface area contributed by atoms with Crippen molar-refractivity contribution in [2.24, 2.45) is 0 Å². The zero-order valence-corrected chi connectivity index (χ0v) is 23.7. The fraction of sp³-hybridized carbons (Fsp3) is 0.484. The van der Waals surface area contributed by atoms with Crippen molar-refractivity contribution in [1.82, 2.24) is 15.5 Å². The smallest absolute Gasteiger partial charge is 0.304 e. The first-order valence-corrected chi connectivity index (χ1v) is 13.5. The van der Waals surface area contributed by atoms with Gasteiger partial charge in [0.15, 0.2) is 11.4 Å². The molecule has 206 valence electrons. The molecule has 0 bridgehead atoms. The highest BCUT2D eigenvalue weighted by Crippen LogP contribution is 2.28. The van der Waals surface area contributed by atoms with Gasteiger partial charge in [0.2, 0.25) is 0 Å². The molecule has 0 saturated carbocycles. The topological polar surface area (TPSA) is 79.9 Å². The van der Waals surface area contributed by atoms with Crippen LogP contribution in [-0.2, 0) is 25.6 Å². The van der Waals surface area contributed by atoms with E-state index >= 15 is 0 Å². The molecule has 3 rings (SSSR count). The Morgan fingerprint density at radius 2 is 1.32 bits per heavy atom. The Balaban J connectivity index is 1.58. The van der Waals surface area contributed by atoms with Crippen LogP contribution >= 0.6 is 0 Å². The van der Waals surface area contributed by atoms with Crippen molar-refractivity contribution < 1.29 is 19.1 Å². The lowest BCUT2D eigenvalue weighted by atomic mass is 9.97. The highest BCUT2D eigenvalue weighted by Gasteiger charge is 2.29. The average Bonchev–Trinajstić information content (AvgIpc) is 2.82. The van der Waals surface area contributed by atoms with E-state index in [0.29, 0.717) is 6.54 Å². The minimum atomic E-state index is -0.724. The Morgan fingerprint density at radius 1 is 0.789 bits per heavy atom. The monoisotopic (exact) mass is 521 g/mol. The van der Waals surface area contributed by atoms with E-state index in [2.05, 4.69) is 70.1 Å². The fourth-order valence-electron chi connectivity index (χ4n) is 5.03. The molecule has 7 heteroatoms. The van der Waals surface area contributed by atoms with E-state index in [1.54, 1.807) is 0 Å². The third-order valence-corrected chi connectivity index (χ3v) is 6.68. The lowest BCUT2D eigenvalue weighted by Gasteiger charge is -2.38. The summed E-state index contributed by atoms with van der Waals surface area (Å²) in [6.07, 6.45) is 1.71. The molecule has 0 aliphatic rings. The summed E-state index contributed by atoms with van der Waals surface area (Å²) in [5.41, 5.74) is -0.127. The van der Waals surface area contributed by atoms with Gasteiger partial charge in [0.1, 0.15) is 0 Å². The summed E-state index contributed by atoms with van der Waals surface area (Å²) in [7, 11) is 0. The third kappa shape index (κ3) is 8.51. The molecule has 0 aliphatic carbocycles. The Morgan fingerprint density at radius 3 is 1.87 bits per heavy atom. The second kappa shape index (κ2) is 13.2. The van der Waals surface area contributed by atoms with E-state index in [-0.39, 0.29) is 11.9 Å². The van der Waals surface area contributed by atoms with E-state index < -0.39 is 11.4 Å². The van der Waals surface area contributed by atoms with Gasteiger partial charge in [-0.2, -0.15) is 0 Å². The van der Waals surface area contributed by atoms with Crippen LogP contribution in [0.4, 0.5) is 0 Å². The Labute approximate surface area is 226 Å². The number of ether oxygens (including phenoxy) is 2. The number of carbonyl (C=O) groups is 2. The quantitative estimate of drug-likeness (QED) is 0.128. The van der Waals surface area contributed by atoms with Crippen molar-refractivity contribution in [3.05, 3.63) is 60.2 Å². The number of nitrogens with one attached hydrogen (secondary N) is 2. The third-order valence-electron chi connectivity index (χ3n) is 6.68. The molecule has 0 fully saturated rings. The van der Waals surface area contributed by atoms with Crippen molar-refractivity contribution in [2.45, 2.75) is 72.4 Å². The number of hydrogen-bond donors (Lipinski definition) is 2. The largest absolute Gasteiger partial charge is 0.445 e. The zero-order valence-electron chi connectivity index (χ0n) is 23.7. The van der Waals surface area contributed by atoms with E-state index in [0.717, 1.165) is 39.0 Å². The van der Waals surface area contributed by atoms with Crippen LogP contribution in [0.2, 0.25) is 0 Å². The summed E-state index contributed by atoms with van der Waals surface area (Å²) >= 11 is 0. The summed E-state index contributed by atoms with van der Waals surface area (Å²) in [4.78, 5) is 25.3. The number of fused-ring (bicyclic) bond motifs is 2. The highest BCUT2D eigenvalue weighted by atomic mass is 16.6. The molecule has 0 unspecified atom stereocenters. The molecule has 7 nitrogen and oxygen atoms in total. The minimum absolute atomic E-state index is 0.296. The van der Waals surface area contributed by atoms with E-state index in [4.69, 9.17) is 9.47 Å². The van der Waals surface area contributed by atoms with Gasteiger partial charge in [-0.3, -0.25) is 19.8 Å². The van der Waals surface area contributed by atoms with Crippen molar-refractivity contribution in [2.75, 3.05) is 26.2 Å². The van der Waals surface area contributed by atoms with Crippen LogP contribution in [0.5, 0.6) is 0 Å². The molecule has 0 spiro atoms. The van der Waals surface area contributed by atoms with Gasteiger partial charge in [-0.15, -0.1) is 0 Å². The van der Waals surface area contributed by atoms with E-state index in [1.807, 2.05) is 27.7 Å². The molecule has 0 amide bonds.